The molecule has 1 saturated carbocycles. The first-order chi connectivity index (χ1) is 16.1. The normalized spacial score (nSPS) is 23.1. The van der Waals surface area contributed by atoms with Crippen LogP contribution >= 0.6 is 34.8 Å². The summed E-state index contributed by atoms with van der Waals surface area (Å²) in [5.74, 6) is 0.426. The highest BCUT2D eigenvalue weighted by Gasteiger charge is 2.34. The SMILES string of the molecule is C[C@@H](Nc1cc(N2CCN(C3CCC(C(C)(C)O)CC3)CC2)ccc1Cl)c1ccc(Cl)cc1Cl. The molecule has 0 unspecified atom stereocenters. The van der Waals surface area contributed by atoms with Crippen molar-refractivity contribution in [1.29, 1.82) is 0 Å². The molecular weight excluding hydrogens is 489 g/mol. The van der Waals surface area contributed by atoms with Crippen LogP contribution in [-0.2, 0) is 0 Å². The van der Waals surface area contributed by atoms with Crippen molar-refractivity contribution < 1.29 is 5.11 Å². The molecule has 34 heavy (non-hydrogen) atoms. The number of benzene rings is 2. The molecule has 0 spiro atoms. The van der Waals surface area contributed by atoms with Crippen LogP contribution in [0.25, 0.3) is 0 Å². The smallest absolute Gasteiger partial charge is 0.0639 e. The van der Waals surface area contributed by atoms with E-state index in [4.69, 9.17) is 34.8 Å². The van der Waals surface area contributed by atoms with Crippen LogP contribution in [0.3, 0.4) is 0 Å². The second-order valence-corrected chi connectivity index (χ2v) is 11.6. The standard InChI is InChI=1S/C27H36Cl3N3O/c1-18(23-10-6-20(28)16-25(23)30)31-26-17-22(9-11-24(26)29)33-14-12-32(13-15-33)21-7-4-19(5-8-21)27(2,3)34/h6,9-11,16-19,21,31,34H,4-5,7-8,12-15H2,1-3H3/t18-,19?,21?/m1/s1. The van der Waals surface area contributed by atoms with Crippen LogP contribution in [0.15, 0.2) is 36.4 Å². The highest BCUT2D eigenvalue weighted by Crippen LogP contribution is 2.36. The lowest BCUT2D eigenvalue weighted by Crippen LogP contribution is -2.51. The summed E-state index contributed by atoms with van der Waals surface area (Å²) in [5.41, 5.74) is 2.53. The maximum atomic E-state index is 10.3. The topological polar surface area (TPSA) is 38.7 Å². The molecule has 4 nitrogen and oxygen atoms in total. The van der Waals surface area contributed by atoms with Crippen molar-refractivity contribution in [3.63, 3.8) is 0 Å². The minimum atomic E-state index is -0.555. The molecule has 1 aliphatic heterocycles. The van der Waals surface area contributed by atoms with Gasteiger partial charge in [0.05, 0.1) is 22.4 Å². The van der Waals surface area contributed by atoms with Crippen LogP contribution in [-0.4, -0.2) is 47.8 Å². The summed E-state index contributed by atoms with van der Waals surface area (Å²) in [4.78, 5) is 5.09. The maximum Gasteiger partial charge on any atom is 0.0639 e. The fraction of sp³-hybridized carbons (Fsp3) is 0.556. The Morgan fingerprint density at radius 3 is 2.21 bits per heavy atom. The lowest BCUT2D eigenvalue weighted by atomic mass is 9.77. The molecule has 186 valence electrons. The largest absolute Gasteiger partial charge is 0.390 e. The van der Waals surface area contributed by atoms with Crippen LogP contribution in [0.1, 0.15) is 58.1 Å². The molecule has 4 rings (SSSR count). The minimum absolute atomic E-state index is 0.00612. The van der Waals surface area contributed by atoms with Crippen molar-refractivity contribution in [2.45, 2.75) is 64.1 Å². The van der Waals surface area contributed by atoms with E-state index in [1.54, 1.807) is 6.07 Å². The second kappa shape index (κ2) is 10.8. The van der Waals surface area contributed by atoms with Gasteiger partial charge in [-0.3, -0.25) is 4.90 Å². The average molecular weight is 525 g/mol. The summed E-state index contributed by atoms with van der Waals surface area (Å²) in [7, 11) is 0. The van der Waals surface area contributed by atoms with Crippen molar-refractivity contribution in [1.82, 2.24) is 4.90 Å². The van der Waals surface area contributed by atoms with Gasteiger partial charge in [0.2, 0.25) is 0 Å². The molecule has 7 heteroatoms. The van der Waals surface area contributed by atoms with Crippen LogP contribution in [0.5, 0.6) is 0 Å². The summed E-state index contributed by atoms with van der Waals surface area (Å²) in [6.45, 7) is 10.1. The van der Waals surface area contributed by atoms with Gasteiger partial charge in [0.1, 0.15) is 0 Å². The molecule has 0 bridgehead atoms. The molecule has 2 fully saturated rings. The van der Waals surface area contributed by atoms with Gasteiger partial charge in [0, 0.05) is 48.0 Å². The predicted molar refractivity (Wildman–Crippen MR) is 146 cm³/mol. The zero-order valence-corrected chi connectivity index (χ0v) is 22.6. The minimum Gasteiger partial charge on any atom is -0.390 e. The number of rotatable bonds is 6. The van der Waals surface area contributed by atoms with E-state index in [0.29, 0.717) is 27.0 Å². The first-order valence-electron chi connectivity index (χ1n) is 12.3. The maximum absolute atomic E-state index is 10.3. The molecule has 1 saturated heterocycles. The summed E-state index contributed by atoms with van der Waals surface area (Å²) >= 11 is 19.0. The number of aliphatic hydroxyl groups is 1. The van der Waals surface area contributed by atoms with Crippen LogP contribution in [0, 0.1) is 5.92 Å². The van der Waals surface area contributed by atoms with E-state index in [0.717, 1.165) is 50.3 Å². The molecule has 2 aliphatic rings. The van der Waals surface area contributed by atoms with Gasteiger partial charge >= 0.3 is 0 Å². The van der Waals surface area contributed by atoms with Crippen molar-refractivity contribution >= 4 is 46.2 Å². The average Bonchev–Trinajstić information content (AvgIpc) is 2.80. The van der Waals surface area contributed by atoms with Gasteiger partial charge in [-0.1, -0.05) is 40.9 Å². The van der Waals surface area contributed by atoms with E-state index in [1.165, 1.54) is 18.5 Å². The molecule has 2 aromatic rings. The number of hydrogen-bond donors (Lipinski definition) is 2. The fourth-order valence-electron chi connectivity index (χ4n) is 5.48. The van der Waals surface area contributed by atoms with Crippen molar-refractivity contribution in [3.8, 4) is 0 Å². The Labute approximate surface area is 219 Å². The van der Waals surface area contributed by atoms with Gasteiger partial charge in [-0.25, -0.2) is 0 Å². The number of nitrogens with zero attached hydrogens (tertiary/aromatic N) is 2. The van der Waals surface area contributed by atoms with E-state index in [-0.39, 0.29) is 6.04 Å². The third-order valence-electron chi connectivity index (χ3n) is 7.64. The predicted octanol–water partition coefficient (Wildman–Crippen LogP) is 7.27. The van der Waals surface area contributed by atoms with Gasteiger partial charge in [-0.05, 0) is 88.3 Å². The molecule has 2 N–H and O–H groups in total. The Bertz CT molecular complexity index is 978. The molecule has 0 aromatic heterocycles. The van der Waals surface area contributed by atoms with E-state index in [2.05, 4.69) is 34.2 Å². The Morgan fingerprint density at radius 1 is 0.912 bits per heavy atom. The zero-order valence-electron chi connectivity index (χ0n) is 20.3. The van der Waals surface area contributed by atoms with E-state index >= 15 is 0 Å². The number of halogens is 3. The highest BCUT2D eigenvalue weighted by atomic mass is 35.5. The van der Waals surface area contributed by atoms with Gasteiger partial charge in [-0.2, -0.15) is 0 Å². The zero-order chi connectivity index (χ0) is 24.5. The Kier molecular flexibility index (Phi) is 8.26. The van der Waals surface area contributed by atoms with Crippen LogP contribution < -0.4 is 10.2 Å². The quantitative estimate of drug-likeness (QED) is 0.417. The molecule has 0 amide bonds. The Hall–Kier alpha value is -1.17. The molecular formula is C27H36Cl3N3O. The molecule has 1 aliphatic carbocycles. The van der Waals surface area contributed by atoms with E-state index in [9.17, 15) is 5.11 Å². The van der Waals surface area contributed by atoms with E-state index < -0.39 is 5.60 Å². The first kappa shape index (κ1) is 25.9. The number of nitrogens with one attached hydrogen (secondary N) is 1. The van der Waals surface area contributed by atoms with Crippen molar-refractivity contribution in [3.05, 3.63) is 57.0 Å². The summed E-state index contributed by atoms with van der Waals surface area (Å²) in [6.07, 6.45) is 4.62. The molecule has 2 aromatic carbocycles. The molecule has 1 atom stereocenters. The Morgan fingerprint density at radius 2 is 1.59 bits per heavy atom. The lowest BCUT2D eigenvalue weighted by Gasteiger charge is -2.44. The van der Waals surface area contributed by atoms with Gasteiger partial charge in [-0.15, -0.1) is 0 Å². The highest BCUT2D eigenvalue weighted by molar-refractivity contribution is 6.35. The summed E-state index contributed by atoms with van der Waals surface area (Å²) in [6, 6.07) is 12.4. The molecule has 0 radical (unpaired) electrons. The van der Waals surface area contributed by atoms with Crippen LogP contribution in [0.4, 0.5) is 11.4 Å². The third kappa shape index (κ3) is 6.14. The summed E-state index contributed by atoms with van der Waals surface area (Å²) < 4.78 is 0. The van der Waals surface area contributed by atoms with E-state index in [1.807, 2.05) is 32.0 Å². The second-order valence-electron chi connectivity index (χ2n) is 10.4. The van der Waals surface area contributed by atoms with Crippen molar-refractivity contribution in [2.75, 3.05) is 36.4 Å². The monoisotopic (exact) mass is 523 g/mol. The van der Waals surface area contributed by atoms with Gasteiger partial charge < -0.3 is 15.3 Å². The number of anilines is 2. The lowest BCUT2D eigenvalue weighted by molar-refractivity contribution is -0.0127. The van der Waals surface area contributed by atoms with Crippen molar-refractivity contribution in [2.24, 2.45) is 5.92 Å². The molecule has 1 heterocycles. The third-order valence-corrected chi connectivity index (χ3v) is 8.53. The van der Waals surface area contributed by atoms with Gasteiger partial charge in [0.25, 0.3) is 0 Å². The first-order valence-corrected chi connectivity index (χ1v) is 13.5. The van der Waals surface area contributed by atoms with Crippen LogP contribution in [0.2, 0.25) is 15.1 Å². The fourth-order valence-corrected chi connectivity index (χ4v) is 6.22. The number of hydrogen-bond acceptors (Lipinski definition) is 4. The number of piperazine rings is 1. The van der Waals surface area contributed by atoms with Gasteiger partial charge in [0.15, 0.2) is 0 Å². The summed E-state index contributed by atoms with van der Waals surface area (Å²) in [5, 5.41) is 15.8. The Balaban J connectivity index is 1.35.